The Morgan fingerprint density at radius 3 is 1.92 bits per heavy atom. The van der Waals surface area contributed by atoms with E-state index in [-0.39, 0.29) is 34.5 Å². The van der Waals surface area contributed by atoms with E-state index in [4.69, 9.17) is 11.6 Å². The summed E-state index contributed by atoms with van der Waals surface area (Å²) in [6.45, 7) is 2.59. The first-order valence-corrected chi connectivity index (χ1v) is 15.2. The van der Waals surface area contributed by atoms with Crippen molar-refractivity contribution in [3.05, 3.63) is 101 Å². The molecule has 1 aliphatic carbocycles. The molecule has 0 bridgehead atoms. The number of rotatable bonds is 10. The van der Waals surface area contributed by atoms with Gasteiger partial charge in [0, 0.05) is 23.0 Å². The van der Waals surface area contributed by atoms with Gasteiger partial charge in [0.25, 0.3) is 0 Å². The molecule has 1 heterocycles. The quantitative estimate of drug-likeness (QED) is 0.273. The van der Waals surface area contributed by atoms with E-state index in [1.807, 2.05) is 24.3 Å². The Kier molecular flexibility index (Phi) is 8.48. The molecule has 1 saturated heterocycles. The van der Waals surface area contributed by atoms with Gasteiger partial charge < -0.3 is 4.90 Å². The molecule has 0 amide bonds. The molecule has 4 nitrogen and oxygen atoms in total. The molecular formula is C30H33ClF2N2O2S. The highest BCUT2D eigenvalue weighted by atomic mass is 35.5. The molecule has 0 N–H and O–H groups in total. The van der Waals surface area contributed by atoms with Gasteiger partial charge in [-0.25, -0.2) is 17.2 Å². The number of sulfonamides is 1. The molecular weight excluding hydrogens is 526 g/mol. The monoisotopic (exact) mass is 558 g/mol. The van der Waals surface area contributed by atoms with Gasteiger partial charge >= 0.3 is 0 Å². The highest BCUT2D eigenvalue weighted by Gasteiger charge is 2.43. The Morgan fingerprint density at radius 1 is 0.842 bits per heavy atom. The number of benzene rings is 3. The number of hydrogen-bond acceptors (Lipinski definition) is 3. The van der Waals surface area contributed by atoms with Gasteiger partial charge in [-0.1, -0.05) is 41.9 Å². The van der Waals surface area contributed by atoms with Crippen molar-refractivity contribution in [2.75, 3.05) is 19.6 Å². The Labute approximate surface area is 229 Å². The predicted octanol–water partition coefficient (Wildman–Crippen LogP) is 6.85. The smallest absolute Gasteiger partial charge is 0.243 e. The molecule has 0 radical (unpaired) electrons. The zero-order valence-electron chi connectivity index (χ0n) is 21.3. The van der Waals surface area contributed by atoms with E-state index in [0.29, 0.717) is 5.02 Å². The minimum Gasteiger partial charge on any atom is -0.303 e. The summed E-state index contributed by atoms with van der Waals surface area (Å²) in [6, 6.07) is 19.7. The maximum atomic E-state index is 13.5. The standard InChI is InChI=1S/C30H33ClF2N2O2S/c31-24-3-1-4-29(21-24)38(36,37)35(27-14-15-27)28-16-19-34(20-17-28)18-2-5-30(22-6-10-25(32)11-7-22)23-8-12-26(33)13-9-23/h1,3-4,6-13,21,27-28,30H,2,5,14-20H2. The van der Waals surface area contributed by atoms with Crippen molar-refractivity contribution in [2.24, 2.45) is 0 Å². The van der Waals surface area contributed by atoms with Gasteiger partial charge in [-0.15, -0.1) is 0 Å². The molecule has 3 aromatic rings. The molecule has 1 aliphatic heterocycles. The van der Waals surface area contributed by atoms with Gasteiger partial charge in [0.05, 0.1) is 4.90 Å². The fourth-order valence-electron chi connectivity index (χ4n) is 5.60. The van der Waals surface area contributed by atoms with Crippen LogP contribution in [0, 0.1) is 11.6 Å². The fraction of sp³-hybridized carbons (Fsp3) is 0.400. The molecule has 5 rings (SSSR count). The molecule has 0 spiro atoms. The highest BCUT2D eigenvalue weighted by molar-refractivity contribution is 7.89. The van der Waals surface area contributed by atoms with Crippen molar-refractivity contribution < 1.29 is 17.2 Å². The van der Waals surface area contributed by atoms with Crippen molar-refractivity contribution in [1.29, 1.82) is 0 Å². The van der Waals surface area contributed by atoms with Crippen LogP contribution in [0.15, 0.2) is 77.7 Å². The van der Waals surface area contributed by atoms with Gasteiger partial charge in [-0.3, -0.25) is 0 Å². The lowest BCUT2D eigenvalue weighted by atomic mass is 9.87. The van der Waals surface area contributed by atoms with E-state index in [9.17, 15) is 17.2 Å². The number of halogens is 3. The maximum absolute atomic E-state index is 13.5. The highest BCUT2D eigenvalue weighted by Crippen LogP contribution is 2.37. The lowest BCUT2D eigenvalue weighted by molar-refractivity contribution is 0.153. The molecule has 202 valence electrons. The number of piperidine rings is 1. The molecule has 0 unspecified atom stereocenters. The Balaban J connectivity index is 1.20. The first-order chi connectivity index (χ1) is 18.3. The van der Waals surface area contributed by atoms with Crippen LogP contribution in [0.25, 0.3) is 0 Å². The summed E-state index contributed by atoms with van der Waals surface area (Å²) >= 11 is 6.10. The van der Waals surface area contributed by atoms with Crippen molar-refractivity contribution in [3.8, 4) is 0 Å². The second-order valence-corrected chi connectivity index (χ2v) is 12.7. The average Bonchev–Trinajstić information content (AvgIpc) is 3.74. The number of nitrogens with zero attached hydrogens (tertiary/aromatic N) is 2. The summed E-state index contributed by atoms with van der Waals surface area (Å²) in [5.74, 6) is -0.485. The topological polar surface area (TPSA) is 40.6 Å². The van der Waals surface area contributed by atoms with Crippen molar-refractivity contribution in [3.63, 3.8) is 0 Å². The largest absolute Gasteiger partial charge is 0.303 e. The third kappa shape index (κ3) is 6.45. The summed E-state index contributed by atoms with van der Waals surface area (Å²) in [6.07, 6.45) is 5.21. The summed E-state index contributed by atoms with van der Waals surface area (Å²) in [5, 5.41) is 0.427. The summed E-state index contributed by atoms with van der Waals surface area (Å²) in [4.78, 5) is 2.67. The van der Waals surface area contributed by atoms with E-state index >= 15 is 0 Å². The third-order valence-electron chi connectivity index (χ3n) is 7.71. The lowest BCUT2D eigenvalue weighted by Crippen LogP contribution is -2.48. The molecule has 1 saturated carbocycles. The second-order valence-electron chi connectivity index (χ2n) is 10.4. The van der Waals surface area contributed by atoms with E-state index in [1.54, 1.807) is 28.6 Å². The van der Waals surface area contributed by atoms with Crippen LogP contribution < -0.4 is 0 Å². The van der Waals surface area contributed by atoms with Gasteiger partial charge in [-0.05, 0) is 112 Å². The van der Waals surface area contributed by atoms with Crippen LogP contribution in [0.4, 0.5) is 8.78 Å². The van der Waals surface area contributed by atoms with Crippen LogP contribution in [0.1, 0.15) is 55.6 Å². The van der Waals surface area contributed by atoms with Crippen LogP contribution in [-0.4, -0.2) is 49.3 Å². The molecule has 38 heavy (non-hydrogen) atoms. The summed E-state index contributed by atoms with van der Waals surface area (Å²) in [5.41, 5.74) is 2.03. The first kappa shape index (κ1) is 27.3. The van der Waals surface area contributed by atoms with Crippen molar-refractivity contribution in [2.45, 2.75) is 61.4 Å². The third-order valence-corrected chi connectivity index (χ3v) is 9.94. The van der Waals surface area contributed by atoms with Gasteiger partial charge in [0.2, 0.25) is 10.0 Å². The zero-order valence-corrected chi connectivity index (χ0v) is 22.8. The molecule has 8 heteroatoms. The van der Waals surface area contributed by atoms with Crippen LogP contribution in [0.5, 0.6) is 0 Å². The molecule has 3 aromatic carbocycles. The zero-order chi connectivity index (χ0) is 26.7. The molecule has 0 atom stereocenters. The van der Waals surface area contributed by atoms with Crippen LogP contribution in [-0.2, 0) is 10.0 Å². The predicted molar refractivity (Wildman–Crippen MR) is 147 cm³/mol. The van der Waals surface area contributed by atoms with Gasteiger partial charge in [-0.2, -0.15) is 4.31 Å². The Morgan fingerprint density at radius 2 is 1.39 bits per heavy atom. The van der Waals surface area contributed by atoms with Crippen molar-refractivity contribution in [1.82, 2.24) is 9.21 Å². The molecule has 0 aromatic heterocycles. The fourth-order valence-corrected chi connectivity index (χ4v) is 7.83. The average molecular weight is 559 g/mol. The SMILES string of the molecule is O=S(=O)(c1cccc(Cl)c1)N(C1CC1)C1CCN(CCCC(c2ccc(F)cc2)c2ccc(F)cc2)CC1. The summed E-state index contributed by atoms with van der Waals surface area (Å²) < 4.78 is 55.8. The molecule has 2 fully saturated rings. The van der Waals surface area contributed by atoms with Gasteiger partial charge in [0.15, 0.2) is 0 Å². The minimum atomic E-state index is -3.60. The van der Waals surface area contributed by atoms with Crippen LogP contribution >= 0.6 is 11.6 Å². The van der Waals surface area contributed by atoms with E-state index < -0.39 is 10.0 Å². The summed E-state index contributed by atoms with van der Waals surface area (Å²) in [7, 11) is -3.60. The second kappa shape index (κ2) is 11.8. The van der Waals surface area contributed by atoms with Gasteiger partial charge in [0.1, 0.15) is 11.6 Å². The maximum Gasteiger partial charge on any atom is 0.243 e. The van der Waals surface area contributed by atoms with Crippen molar-refractivity contribution >= 4 is 21.6 Å². The number of likely N-dealkylation sites (tertiary alicyclic amines) is 1. The first-order valence-electron chi connectivity index (χ1n) is 13.3. The molecule has 2 aliphatic rings. The number of hydrogen-bond donors (Lipinski definition) is 0. The Hall–Kier alpha value is -2.32. The van der Waals surface area contributed by atoms with E-state index in [2.05, 4.69) is 4.90 Å². The van der Waals surface area contributed by atoms with E-state index in [1.165, 1.54) is 24.3 Å². The van der Waals surface area contributed by atoms with E-state index in [0.717, 1.165) is 69.3 Å². The normalized spacial score (nSPS) is 17.4. The van der Waals surface area contributed by atoms with Crippen LogP contribution in [0.2, 0.25) is 5.02 Å². The lowest BCUT2D eigenvalue weighted by Gasteiger charge is -2.38. The van der Waals surface area contributed by atoms with Crippen LogP contribution in [0.3, 0.4) is 0 Å². The minimum absolute atomic E-state index is 0.00564. The Bertz CT molecular complexity index is 1280.